The maximum atomic E-state index is 15.5. The van der Waals surface area contributed by atoms with Crippen molar-refractivity contribution in [3.05, 3.63) is 68.8 Å². The van der Waals surface area contributed by atoms with E-state index in [2.05, 4.69) is 0 Å². The van der Waals surface area contributed by atoms with Crippen molar-refractivity contribution in [1.82, 2.24) is 0 Å². The fraction of sp³-hybridized carbons (Fsp3) is 0.125. The first-order valence-corrected chi connectivity index (χ1v) is 21.6. The van der Waals surface area contributed by atoms with Crippen LogP contribution in [0.4, 0.5) is 0 Å². The van der Waals surface area contributed by atoms with Crippen LogP contribution in [-0.4, -0.2) is 164 Å². The van der Waals surface area contributed by atoms with Crippen molar-refractivity contribution < 1.29 is 149 Å². The predicted octanol–water partition coefficient (Wildman–Crippen LogP) is 2.23. The molecule has 0 unspecified atom stereocenters. The number of rotatable bonds is 2. The van der Waals surface area contributed by atoms with Gasteiger partial charge in [-0.2, -0.15) is 0 Å². The van der Waals surface area contributed by atoms with Crippen LogP contribution in [0.2, 0.25) is 0 Å². The van der Waals surface area contributed by atoms with Crippen LogP contribution < -0.4 is 0 Å². The quantitative estimate of drug-likeness (QED) is 0.0671. The lowest BCUT2D eigenvalue weighted by atomic mass is 9.73. The molecule has 0 spiro atoms. The second kappa shape index (κ2) is 16.8. The highest BCUT2D eigenvalue weighted by Crippen LogP contribution is 2.64. The molecule has 0 fully saturated rings. The van der Waals surface area contributed by atoms with E-state index in [-0.39, 0.29) is 18.2 Å². The number of aromatic hydroxyl groups is 18. The predicted molar refractivity (Wildman–Crippen MR) is 241 cm³/mol. The minimum Gasteiger partial charge on any atom is -0.504 e. The van der Waals surface area contributed by atoms with Gasteiger partial charge in [0.1, 0.15) is 6.61 Å². The van der Waals surface area contributed by atoms with E-state index in [1.54, 1.807) is 0 Å². The summed E-state index contributed by atoms with van der Waals surface area (Å²) < 4.78 is 28.6. The van der Waals surface area contributed by atoms with E-state index < -0.39 is 254 Å². The van der Waals surface area contributed by atoms with Crippen LogP contribution in [0, 0.1) is 0 Å². The second-order valence-electron chi connectivity index (χ2n) is 17.4. The molecule has 5 atom stereocenters. The molecule has 0 saturated carbocycles. The third kappa shape index (κ3) is 6.68. The minimum absolute atomic E-state index is 0.251. The molecule has 30 heteroatoms. The topological polar surface area (TPSA) is 533 Å². The Labute approximate surface area is 427 Å². The minimum atomic E-state index is -3.10. The number of fused-ring (bicyclic) bond motifs is 7. The highest BCUT2D eigenvalue weighted by atomic mass is 16.6. The van der Waals surface area contributed by atoms with Gasteiger partial charge in [0.05, 0.1) is 39.3 Å². The normalized spacial score (nSPS) is 19.2. The van der Waals surface area contributed by atoms with Crippen molar-refractivity contribution in [2.45, 2.75) is 30.3 Å². The molecule has 19 N–H and O–H groups in total. The molecule has 30 nitrogen and oxygen atoms in total. The van der Waals surface area contributed by atoms with E-state index in [9.17, 15) is 116 Å². The van der Waals surface area contributed by atoms with Gasteiger partial charge in [-0.05, 0) is 24.3 Å². The lowest BCUT2D eigenvalue weighted by Crippen LogP contribution is -2.56. The van der Waals surface area contributed by atoms with Gasteiger partial charge >= 0.3 is 35.8 Å². The fourth-order valence-electron chi connectivity index (χ4n) is 9.87. The van der Waals surface area contributed by atoms with E-state index in [1.807, 2.05) is 0 Å². The molecule has 5 aliphatic rings. The van der Waals surface area contributed by atoms with Crippen molar-refractivity contribution in [2.24, 2.45) is 0 Å². The van der Waals surface area contributed by atoms with Gasteiger partial charge in [0.2, 0.25) is 34.5 Å². The van der Waals surface area contributed by atoms with Gasteiger partial charge in [0.15, 0.2) is 93.4 Å². The van der Waals surface area contributed by atoms with Crippen molar-refractivity contribution in [1.29, 1.82) is 0 Å². The zero-order valence-corrected chi connectivity index (χ0v) is 37.9. The van der Waals surface area contributed by atoms with E-state index in [4.69, 9.17) is 23.7 Å². The molecule has 6 aromatic carbocycles. The highest BCUT2D eigenvalue weighted by Gasteiger charge is 2.57. The monoisotopic (exact) mass is 1090 g/mol. The third-order valence-corrected chi connectivity index (χ3v) is 13.3. The average molecular weight is 1090 g/mol. The molecule has 0 saturated heterocycles. The number of benzene rings is 6. The van der Waals surface area contributed by atoms with Crippen LogP contribution in [0.15, 0.2) is 24.3 Å². The number of hydrogen-bond acceptors (Lipinski definition) is 29. The second-order valence-corrected chi connectivity index (χ2v) is 17.4. The molecular formula is C48H30O30. The molecular weight excluding hydrogens is 1060 g/mol. The summed E-state index contributed by atoms with van der Waals surface area (Å²) >= 11 is 0. The summed E-state index contributed by atoms with van der Waals surface area (Å²) in [5, 5.41) is 212. The van der Waals surface area contributed by atoms with E-state index in [0.29, 0.717) is 6.07 Å². The Balaban J connectivity index is 1.42. The van der Waals surface area contributed by atoms with Crippen LogP contribution in [0.5, 0.6) is 103 Å². The number of esters is 5. The standard InChI is InChI=1S/C48H30O30/c49-10-1-6(43(67)68)15(30(57)26(10)53)23-22-25-21(36(63)39(66)37(22)64)20-24-19(34(61)38(65)35(20)62)18-9(4-13(52)29(56)33(18)60)45(70)75-14-5-74-44(69)7-2-11(50)27(54)31(58)16(7)17-8(3-12(51)28(55)32(17)59)46(71)76-40(14)42(78-48(24)73)41(23)77-47(25)72/h1-4,14,23,40-42,49-66H,5H2,(H,67,68)/t14-,23-,40-,41+,42+/m1/s1. The van der Waals surface area contributed by atoms with Crippen molar-refractivity contribution in [3.8, 4) is 137 Å². The maximum Gasteiger partial charge on any atom is 0.340 e. The van der Waals surface area contributed by atoms with Crippen LogP contribution >= 0.6 is 0 Å². The number of carboxylic acid groups (broad SMARTS) is 1. The molecule has 6 bridgehead atoms. The summed E-state index contributed by atoms with van der Waals surface area (Å²) in [6, 6.07) is 1.11. The van der Waals surface area contributed by atoms with Crippen LogP contribution in [-0.2, 0) is 23.7 Å². The van der Waals surface area contributed by atoms with Crippen LogP contribution in [0.25, 0.3) is 33.4 Å². The van der Waals surface area contributed by atoms with E-state index in [0.717, 1.165) is 0 Å². The Morgan fingerprint density at radius 3 is 1.22 bits per heavy atom. The molecule has 0 radical (unpaired) electrons. The SMILES string of the molecule is O=C1OC[C@H]2OC(=O)c3cc(O)c(O)c(O)c3-c3c(O)c(O)c(O)c4c3C(=O)O[C@H]([C@H]3OC(=O)c5c-4c(O)c(O)c(O)c5[C@H]3c3c(C(=O)O)cc(O)c(O)c3O)[C@@H]2OC(=O)c2cc(O)c(O)c(O)c2-c2c1cc(O)c(O)c2O. The Kier molecular flexibility index (Phi) is 10.8. The molecule has 6 aromatic rings. The lowest BCUT2D eigenvalue weighted by molar-refractivity contribution is -0.135. The first-order valence-electron chi connectivity index (χ1n) is 21.6. The average Bonchev–Trinajstić information content (AvgIpc) is 3.46. The summed E-state index contributed by atoms with van der Waals surface area (Å²) in [4.78, 5) is 87.8. The van der Waals surface area contributed by atoms with Gasteiger partial charge in [0, 0.05) is 44.5 Å². The summed E-state index contributed by atoms with van der Waals surface area (Å²) in [7, 11) is 0. The Bertz CT molecular complexity index is 3860. The molecule has 78 heavy (non-hydrogen) atoms. The summed E-state index contributed by atoms with van der Waals surface area (Å²) in [5.41, 5.74) is -19.3. The van der Waals surface area contributed by atoms with Gasteiger partial charge < -0.3 is 121 Å². The number of phenols is 18. The number of hydrogen-bond donors (Lipinski definition) is 19. The van der Waals surface area contributed by atoms with Crippen LogP contribution in [0.3, 0.4) is 0 Å². The largest absolute Gasteiger partial charge is 0.504 e. The number of ether oxygens (including phenoxy) is 5. The van der Waals surface area contributed by atoms with Crippen molar-refractivity contribution >= 4 is 35.8 Å². The summed E-state index contributed by atoms with van der Waals surface area (Å²) in [6.07, 6.45) is -11.9. The number of cyclic esters (lactones) is 1. The first kappa shape index (κ1) is 50.1. The third-order valence-electron chi connectivity index (χ3n) is 13.3. The van der Waals surface area contributed by atoms with Gasteiger partial charge in [-0.25, -0.2) is 28.8 Å². The summed E-state index contributed by atoms with van der Waals surface area (Å²) in [5.74, 6) is -44.2. The number of aromatic carboxylic acids is 1. The van der Waals surface area contributed by atoms with Crippen LogP contribution in [0.1, 0.15) is 79.2 Å². The van der Waals surface area contributed by atoms with E-state index in [1.165, 1.54) is 0 Å². The van der Waals surface area contributed by atoms with Gasteiger partial charge in [0.25, 0.3) is 0 Å². The molecule has 0 amide bonds. The van der Waals surface area contributed by atoms with Crippen molar-refractivity contribution in [2.75, 3.05) is 6.61 Å². The zero-order valence-electron chi connectivity index (χ0n) is 37.9. The van der Waals surface area contributed by atoms with Gasteiger partial charge in [-0.15, -0.1) is 0 Å². The molecule has 0 aromatic heterocycles. The number of carbonyl (C=O) groups is 6. The highest BCUT2D eigenvalue weighted by molar-refractivity contribution is 6.17. The molecule has 5 aliphatic heterocycles. The van der Waals surface area contributed by atoms with E-state index >= 15 is 9.59 Å². The number of carbonyl (C=O) groups excluding carboxylic acids is 5. The van der Waals surface area contributed by atoms with Crippen molar-refractivity contribution in [3.63, 3.8) is 0 Å². The zero-order chi connectivity index (χ0) is 56.9. The lowest BCUT2D eigenvalue weighted by Gasteiger charge is -2.43. The van der Waals surface area contributed by atoms with Gasteiger partial charge in [-0.1, -0.05) is 0 Å². The molecule has 5 heterocycles. The molecule has 11 rings (SSSR count). The van der Waals surface area contributed by atoms with Gasteiger partial charge in [-0.3, -0.25) is 0 Å². The molecule has 0 aliphatic carbocycles. The Morgan fingerprint density at radius 2 is 0.705 bits per heavy atom. The Hall–Kier alpha value is -11.5. The summed E-state index contributed by atoms with van der Waals surface area (Å²) in [6.45, 7) is -1.68. The smallest absolute Gasteiger partial charge is 0.340 e. The Morgan fingerprint density at radius 1 is 0.346 bits per heavy atom. The molecule has 402 valence electrons. The fourth-order valence-corrected chi connectivity index (χ4v) is 9.87. The number of carboxylic acids is 1. The maximum absolute atomic E-state index is 15.5. The first-order chi connectivity index (χ1) is 36.6. The number of phenolic OH excluding ortho intramolecular Hbond substituents is 18.